The predicted octanol–water partition coefficient (Wildman–Crippen LogP) is 2.83. The molecular weight excluding hydrogens is 683 g/mol. The molecule has 0 fully saturated rings. The minimum atomic E-state index is -5.06. The highest BCUT2D eigenvalue weighted by Crippen LogP contribution is 2.43. The number of fused-ring (bicyclic) bond motifs is 2. The number of carbonyl (C=O) groups is 1. The van der Waals surface area contributed by atoms with Gasteiger partial charge in [0.15, 0.2) is 0 Å². The maximum absolute atomic E-state index is 13.7. The van der Waals surface area contributed by atoms with Crippen LogP contribution in [0.15, 0.2) is 68.8 Å². The summed E-state index contributed by atoms with van der Waals surface area (Å²) in [4.78, 5) is 40.7. The first-order valence-corrected chi connectivity index (χ1v) is 20.3. The van der Waals surface area contributed by atoms with Crippen LogP contribution in [0.3, 0.4) is 0 Å². The minimum Gasteiger partial charge on any atom is -0.456 e. The Hall–Kier alpha value is -3.84. The van der Waals surface area contributed by atoms with Crippen LogP contribution in [0.4, 0.5) is 10.5 Å². The molecule has 260 valence electrons. The van der Waals surface area contributed by atoms with Gasteiger partial charge in [-0.25, -0.2) is 9.37 Å². The van der Waals surface area contributed by atoms with Gasteiger partial charge in [-0.05, 0) is 64.4 Å². The highest BCUT2D eigenvalue weighted by molar-refractivity contribution is 7.87. The van der Waals surface area contributed by atoms with E-state index in [-0.39, 0.29) is 18.5 Å². The van der Waals surface area contributed by atoms with Crippen molar-refractivity contribution in [2.24, 2.45) is 0 Å². The summed E-state index contributed by atoms with van der Waals surface area (Å²) in [5.74, 6) is 0.413. The maximum Gasteiger partial charge on any atom is 0.492 e. The van der Waals surface area contributed by atoms with Gasteiger partial charge in [-0.15, -0.1) is 0 Å². The van der Waals surface area contributed by atoms with E-state index in [0.29, 0.717) is 33.9 Å². The number of benzene rings is 3. The first kappa shape index (κ1) is 37.0. The van der Waals surface area contributed by atoms with E-state index < -0.39 is 51.0 Å². The van der Waals surface area contributed by atoms with E-state index in [4.69, 9.17) is 23.0 Å². The largest absolute Gasteiger partial charge is 0.492 e. The van der Waals surface area contributed by atoms with Gasteiger partial charge >= 0.3 is 25.0 Å². The third-order valence-corrected chi connectivity index (χ3v) is 11.0. The molecule has 0 unspecified atom stereocenters. The Morgan fingerprint density at radius 3 is 2.19 bits per heavy atom. The van der Waals surface area contributed by atoms with Gasteiger partial charge in [-0.3, -0.25) is 4.55 Å². The SMILES string of the molecule is CCN(CC)c1ccc2c(-c3ccc(S(=O)(=O)O)cc3S(=O)(=O)OC(=O)NCCC[Si](O)(O)O)c3ccc(=[N+](CC)CC)cc-3oc2c1. The lowest BCUT2D eigenvalue weighted by atomic mass is 9.93. The van der Waals surface area contributed by atoms with E-state index in [1.165, 1.54) is 6.07 Å². The van der Waals surface area contributed by atoms with Crippen molar-refractivity contribution in [1.82, 2.24) is 9.89 Å². The molecule has 2 aromatic carbocycles. The number of amides is 1. The van der Waals surface area contributed by atoms with Gasteiger partial charge in [0.1, 0.15) is 29.3 Å². The summed E-state index contributed by atoms with van der Waals surface area (Å²) in [7, 11) is -14.3. The maximum atomic E-state index is 13.7. The summed E-state index contributed by atoms with van der Waals surface area (Å²) < 4.78 is 74.9. The normalized spacial score (nSPS) is 12.3. The van der Waals surface area contributed by atoms with Crippen LogP contribution in [0.2, 0.25) is 6.04 Å². The zero-order valence-electron chi connectivity index (χ0n) is 27.0. The first-order valence-electron chi connectivity index (χ1n) is 15.4. The second-order valence-electron chi connectivity index (χ2n) is 10.9. The highest BCUT2D eigenvalue weighted by Gasteiger charge is 2.31. The van der Waals surface area contributed by atoms with Crippen LogP contribution in [-0.2, 0) is 24.4 Å². The molecule has 0 saturated heterocycles. The lowest BCUT2D eigenvalue weighted by molar-refractivity contribution is 0.200. The number of nitrogens with zero attached hydrogens (tertiary/aromatic N) is 2. The van der Waals surface area contributed by atoms with E-state index in [9.17, 15) is 26.2 Å². The van der Waals surface area contributed by atoms with Crippen molar-refractivity contribution >= 4 is 51.8 Å². The van der Waals surface area contributed by atoms with E-state index in [1.54, 1.807) is 12.1 Å². The van der Waals surface area contributed by atoms with Gasteiger partial charge in [0.05, 0.1) is 11.0 Å². The van der Waals surface area contributed by atoms with Crippen molar-refractivity contribution < 1.29 is 49.2 Å². The van der Waals surface area contributed by atoms with Crippen LogP contribution in [-0.4, -0.2) is 83.4 Å². The van der Waals surface area contributed by atoms with Crippen molar-refractivity contribution in [1.29, 1.82) is 0 Å². The quantitative estimate of drug-likeness (QED) is 0.0337. The molecule has 1 aliphatic carbocycles. The number of hydrogen-bond donors (Lipinski definition) is 5. The molecule has 0 saturated carbocycles. The molecule has 0 spiro atoms. The van der Waals surface area contributed by atoms with Crippen LogP contribution >= 0.6 is 0 Å². The van der Waals surface area contributed by atoms with Crippen LogP contribution in [0.25, 0.3) is 33.4 Å². The Balaban J connectivity index is 1.99. The standard InChI is InChI=1S/C31H39N3O11S2Si/c1-5-33(6-2)21-10-13-24-27(18-21)44-28-19-22(34(7-3)8-4)11-14-25(28)30(24)26-15-12-23(46(36,37)38)20-29(26)47(39,40)45-31(35)32-16-9-17-48(41,42)43/h10-15,18-20,41-43H,5-9,16-17H2,1-4H3,(H-,32,35,36,37,38)/p+1. The second kappa shape index (κ2) is 14.7. The van der Waals surface area contributed by atoms with E-state index in [2.05, 4.69) is 14.8 Å². The molecule has 0 aromatic heterocycles. The second-order valence-corrected chi connectivity index (χ2v) is 15.9. The molecule has 17 heteroatoms. The third kappa shape index (κ3) is 8.41. The lowest BCUT2D eigenvalue weighted by Crippen LogP contribution is -2.36. The smallest absolute Gasteiger partial charge is 0.456 e. The molecule has 0 bridgehead atoms. The first-order chi connectivity index (χ1) is 22.5. The Labute approximate surface area is 280 Å². The zero-order valence-corrected chi connectivity index (χ0v) is 29.6. The van der Waals surface area contributed by atoms with Crippen LogP contribution in [0.1, 0.15) is 34.1 Å². The van der Waals surface area contributed by atoms with Crippen LogP contribution in [0, 0.1) is 0 Å². The number of anilines is 1. The topological polar surface area (TPSA) is 207 Å². The summed E-state index contributed by atoms with van der Waals surface area (Å²) in [5.41, 5.74) is 2.08. The fraction of sp³-hybridized carbons (Fsp3) is 0.355. The molecule has 1 aliphatic heterocycles. The van der Waals surface area contributed by atoms with E-state index >= 15 is 0 Å². The molecule has 5 N–H and O–H groups in total. The van der Waals surface area contributed by atoms with Gasteiger partial charge in [-0.2, -0.15) is 16.8 Å². The van der Waals surface area contributed by atoms with Gasteiger partial charge in [0, 0.05) is 65.6 Å². The lowest BCUT2D eigenvalue weighted by Gasteiger charge is -2.23. The number of hydrogen-bond acceptors (Lipinski definition) is 11. The summed E-state index contributed by atoms with van der Waals surface area (Å²) >= 11 is 0. The van der Waals surface area contributed by atoms with Gasteiger partial charge in [0.25, 0.3) is 10.1 Å². The van der Waals surface area contributed by atoms with Gasteiger partial charge in [0.2, 0.25) is 5.36 Å². The molecule has 4 rings (SSSR count). The molecule has 0 radical (unpaired) electrons. The fourth-order valence-corrected chi connectivity index (χ4v) is 7.79. The van der Waals surface area contributed by atoms with Crippen molar-refractivity contribution in [2.45, 2.75) is 50.0 Å². The molecule has 1 heterocycles. The van der Waals surface area contributed by atoms with Crippen LogP contribution in [0.5, 0.6) is 0 Å². The van der Waals surface area contributed by atoms with Crippen molar-refractivity contribution in [2.75, 3.05) is 37.6 Å². The Morgan fingerprint density at radius 1 is 0.917 bits per heavy atom. The molecular formula is C31H40N3O11S2Si+. The van der Waals surface area contributed by atoms with Crippen molar-refractivity contribution in [3.63, 3.8) is 0 Å². The number of nitrogens with one attached hydrogen (secondary N) is 1. The molecule has 2 aliphatic rings. The third-order valence-electron chi connectivity index (χ3n) is 7.88. The monoisotopic (exact) mass is 722 g/mol. The van der Waals surface area contributed by atoms with Gasteiger partial charge in [-0.1, -0.05) is 6.07 Å². The predicted molar refractivity (Wildman–Crippen MR) is 182 cm³/mol. The van der Waals surface area contributed by atoms with E-state index in [1.807, 2.05) is 52.0 Å². The Kier molecular flexibility index (Phi) is 11.4. The van der Waals surface area contributed by atoms with Crippen molar-refractivity contribution in [3.05, 3.63) is 60.0 Å². The average Bonchev–Trinajstić information content (AvgIpc) is 3.01. The minimum absolute atomic E-state index is 0.0243. The van der Waals surface area contributed by atoms with E-state index in [0.717, 1.165) is 43.3 Å². The Morgan fingerprint density at radius 2 is 1.58 bits per heavy atom. The average molecular weight is 723 g/mol. The molecule has 1 amide bonds. The summed E-state index contributed by atoms with van der Waals surface area (Å²) in [6, 6.07) is 13.5. The Bertz CT molecular complexity index is 2070. The molecule has 2 aromatic rings. The molecule has 14 nitrogen and oxygen atoms in total. The number of rotatable bonds is 13. The van der Waals surface area contributed by atoms with Crippen molar-refractivity contribution in [3.8, 4) is 22.5 Å². The highest BCUT2D eigenvalue weighted by atomic mass is 32.2. The van der Waals surface area contributed by atoms with Gasteiger partial charge < -0.3 is 33.2 Å². The molecule has 0 atom stereocenters. The zero-order chi connectivity index (χ0) is 35.4. The number of carbonyl (C=O) groups excluding carboxylic acids is 1. The fourth-order valence-electron chi connectivity index (χ4n) is 5.50. The summed E-state index contributed by atoms with van der Waals surface area (Å²) in [6.45, 7) is 10.7. The summed E-state index contributed by atoms with van der Waals surface area (Å²) in [5, 5.41) is 3.50. The van der Waals surface area contributed by atoms with Crippen LogP contribution < -0.4 is 20.1 Å². The summed E-state index contributed by atoms with van der Waals surface area (Å²) in [6.07, 6.45) is -1.52. The molecule has 48 heavy (non-hydrogen) atoms.